The minimum Gasteiger partial charge on any atom is -0.478 e. The van der Waals surface area contributed by atoms with Crippen molar-refractivity contribution < 1.29 is 18.3 Å². The Balaban J connectivity index is 1.56. The van der Waals surface area contributed by atoms with Gasteiger partial charge in [-0.2, -0.15) is 0 Å². The van der Waals surface area contributed by atoms with E-state index in [1.165, 1.54) is 44.5 Å². The van der Waals surface area contributed by atoms with Crippen LogP contribution >= 0.6 is 0 Å². The van der Waals surface area contributed by atoms with E-state index in [1.807, 2.05) is 6.92 Å². The molecule has 2 aromatic rings. The number of carbonyl (C=O) groups is 1. The van der Waals surface area contributed by atoms with Gasteiger partial charge in [-0.3, -0.25) is 4.72 Å². The van der Waals surface area contributed by atoms with Crippen LogP contribution < -0.4 is 9.62 Å². The molecule has 32 heavy (non-hydrogen) atoms. The number of likely N-dealkylation sites (tertiary alicyclic amines) is 1. The Morgan fingerprint density at radius 3 is 2.25 bits per heavy atom. The first-order valence-electron chi connectivity index (χ1n) is 11.3. The molecule has 2 aliphatic heterocycles. The van der Waals surface area contributed by atoms with Gasteiger partial charge < -0.3 is 14.9 Å². The third-order valence-corrected chi connectivity index (χ3v) is 7.91. The van der Waals surface area contributed by atoms with Crippen LogP contribution in [0.1, 0.15) is 48.0 Å². The maximum Gasteiger partial charge on any atom is 0.335 e. The van der Waals surface area contributed by atoms with Gasteiger partial charge in [-0.05, 0) is 76.0 Å². The molecular weight excluding hydrogens is 426 g/mol. The first kappa shape index (κ1) is 22.6. The van der Waals surface area contributed by atoms with Crippen LogP contribution in [0.5, 0.6) is 0 Å². The molecule has 0 amide bonds. The molecule has 2 aliphatic rings. The fourth-order valence-corrected chi connectivity index (χ4v) is 5.77. The molecule has 7 nitrogen and oxygen atoms in total. The lowest BCUT2D eigenvalue weighted by molar-refractivity contribution is 0.0697. The molecule has 0 aromatic heterocycles. The number of aromatic carboxylic acids is 1. The van der Waals surface area contributed by atoms with Crippen molar-refractivity contribution in [3.63, 3.8) is 0 Å². The largest absolute Gasteiger partial charge is 0.478 e. The number of aryl methyl sites for hydroxylation is 1. The van der Waals surface area contributed by atoms with E-state index in [9.17, 15) is 18.3 Å². The zero-order chi connectivity index (χ0) is 22.7. The first-order valence-corrected chi connectivity index (χ1v) is 12.8. The number of benzene rings is 2. The number of hydrogen-bond donors (Lipinski definition) is 2. The lowest BCUT2D eigenvalue weighted by Crippen LogP contribution is -2.46. The molecule has 8 heteroatoms. The highest BCUT2D eigenvalue weighted by Crippen LogP contribution is 2.33. The lowest BCUT2D eigenvalue weighted by Gasteiger charge is -2.41. The van der Waals surface area contributed by atoms with Crippen molar-refractivity contribution in [1.82, 2.24) is 4.90 Å². The van der Waals surface area contributed by atoms with E-state index < -0.39 is 16.0 Å². The highest BCUT2D eigenvalue weighted by molar-refractivity contribution is 7.92. The number of nitrogens with zero attached hydrogens (tertiary/aromatic N) is 2. The van der Waals surface area contributed by atoms with Gasteiger partial charge >= 0.3 is 5.97 Å². The standard InChI is InChI=1S/C24H31N3O4S/c1-18-5-8-21(9-6-18)32(30,31)25-22-17-19(24(28)29)7-10-23(22)27-15-11-20(12-16-27)26-13-3-2-4-14-26/h5-10,17,20,25H,2-4,11-16H2,1H3,(H,28,29). The molecule has 2 N–H and O–H groups in total. The number of nitrogens with one attached hydrogen (secondary N) is 1. The van der Waals surface area contributed by atoms with Gasteiger partial charge in [-0.1, -0.05) is 24.1 Å². The summed E-state index contributed by atoms with van der Waals surface area (Å²) in [6.45, 7) is 5.85. The van der Waals surface area contributed by atoms with E-state index in [2.05, 4.69) is 14.5 Å². The summed E-state index contributed by atoms with van der Waals surface area (Å²) in [4.78, 5) is 16.4. The summed E-state index contributed by atoms with van der Waals surface area (Å²) in [6.07, 6.45) is 5.88. The molecule has 2 fully saturated rings. The van der Waals surface area contributed by atoms with Crippen molar-refractivity contribution in [2.24, 2.45) is 0 Å². The number of piperidine rings is 2. The summed E-state index contributed by atoms with van der Waals surface area (Å²) in [6, 6.07) is 11.8. The molecule has 0 bridgehead atoms. The number of hydrogen-bond acceptors (Lipinski definition) is 5. The summed E-state index contributed by atoms with van der Waals surface area (Å²) in [5, 5.41) is 9.44. The third-order valence-electron chi connectivity index (χ3n) is 6.53. The van der Waals surface area contributed by atoms with Crippen molar-refractivity contribution in [3.8, 4) is 0 Å². The predicted octanol–water partition coefficient (Wildman–Crippen LogP) is 3.95. The number of anilines is 2. The van der Waals surface area contributed by atoms with E-state index in [0.717, 1.165) is 37.2 Å². The van der Waals surface area contributed by atoms with Crippen LogP contribution in [-0.4, -0.2) is 56.6 Å². The third kappa shape index (κ3) is 5.07. The zero-order valence-electron chi connectivity index (χ0n) is 18.5. The SMILES string of the molecule is Cc1ccc(S(=O)(=O)Nc2cc(C(=O)O)ccc2N2CCC(N3CCCCC3)CC2)cc1. The monoisotopic (exact) mass is 457 g/mol. The maximum absolute atomic E-state index is 13.0. The minimum atomic E-state index is -3.84. The van der Waals surface area contributed by atoms with Gasteiger partial charge in [0.1, 0.15) is 0 Å². The molecular formula is C24H31N3O4S. The van der Waals surface area contributed by atoms with E-state index >= 15 is 0 Å². The number of sulfonamides is 1. The van der Waals surface area contributed by atoms with Crippen molar-refractivity contribution >= 4 is 27.4 Å². The topological polar surface area (TPSA) is 89.9 Å². The fourth-order valence-electron chi connectivity index (χ4n) is 4.70. The van der Waals surface area contributed by atoms with Gasteiger partial charge in [0, 0.05) is 19.1 Å². The summed E-state index contributed by atoms with van der Waals surface area (Å²) in [5.74, 6) is -1.09. The van der Waals surface area contributed by atoms with Gasteiger partial charge in [-0.15, -0.1) is 0 Å². The molecule has 2 aromatic carbocycles. The Bertz CT molecular complexity index is 1060. The lowest BCUT2D eigenvalue weighted by atomic mass is 9.99. The van der Waals surface area contributed by atoms with Crippen molar-refractivity contribution in [2.75, 3.05) is 35.8 Å². The normalized spacial score (nSPS) is 18.5. The van der Waals surface area contributed by atoms with Gasteiger partial charge in [0.25, 0.3) is 10.0 Å². The van der Waals surface area contributed by atoms with Crippen LogP contribution in [0.2, 0.25) is 0 Å². The van der Waals surface area contributed by atoms with Crippen LogP contribution in [0.4, 0.5) is 11.4 Å². The Morgan fingerprint density at radius 1 is 0.969 bits per heavy atom. The van der Waals surface area contributed by atoms with Gasteiger partial charge in [0.05, 0.1) is 21.8 Å². The van der Waals surface area contributed by atoms with Crippen LogP contribution in [0.3, 0.4) is 0 Å². The summed E-state index contributed by atoms with van der Waals surface area (Å²) in [7, 11) is -3.84. The van der Waals surface area contributed by atoms with E-state index in [0.29, 0.717) is 11.7 Å². The van der Waals surface area contributed by atoms with Crippen molar-refractivity contribution in [1.29, 1.82) is 0 Å². The van der Waals surface area contributed by atoms with Gasteiger partial charge in [0.2, 0.25) is 0 Å². The average Bonchev–Trinajstić information content (AvgIpc) is 2.80. The molecule has 0 aliphatic carbocycles. The number of carboxylic acid groups (broad SMARTS) is 1. The smallest absolute Gasteiger partial charge is 0.335 e. The quantitative estimate of drug-likeness (QED) is 0.683. The van der Waals surface area contributed by atoms with Crippen LogP contribution in [-0.2, 0) is 10.0 Å². The Kier molecular flexibility index (Phi) is 6.71. The minimum absolute atomic E-state index is 0.0542. The molecule has 0 saturated carbocycles. The summed E-state index contributed by atoms with van der Waals surface area (Å²) >= 11 is 0. The highest BCUT2D eigenvalue weighted by atomic mass is 32.2. The molecule has 2 heterocycles. The number of rotatable bonds is 6. The highest BCUT2D eigenvalue weighted by Gasteiger charge is 2.27. The fraction of sp³-hybridized carbons (Fsp3) is 0.458. The number of carboxylic acids is 1. The zero-order valence-corrected chi connectivity index (χ0v) is 19.3. The van der Waals surface area contributed by atoms with Crippen molar-refractivity contribution in [2.45, 2.75) is 50.0 Å². The van der Waals surface area contributed by atoms with Crippen LogP contribution in [0.15, 0.2) is 47.4 Å². The second-order valence-corrected chi connectivity index (χ2v) is 10.5. The van der Waals surface area contributed by atoms with Gasteiger partial charge in [0.15, 0.2) is 0 Å². The second kappa shape index (κ2) is 9.50. The summed E-state index contributed by atoms with van der Waals surface area (Å²) < 4.78 is 28.7. The van der Waals surface area contributed by atoms with Crippen LogP contribution in [0, 0.1) is 6.92 Å². The summed E-state index contributed by atoms with van der Waals surface area (Å²) in [5.41, 5.74) is 2.05. The molecule has 0 unspecified atom stereocenters. The van der Waals surface area contributed by atoms with Gasteiger partial charge in [-0.25, -0.2) is 13.2 Å². The maximum atomic E-state index is 13.0. The Labute approximate surface area is 190 Å². The van der Waals surface area contributed by atoms with E-state index in [1.54, 1.807) is 30.3 Å². The first-order chi connectivity index (χ1) is 15.3. The second-order valence-electron chi connectivity index (χ2n) is 8.77. The van der Waals surface area contributed by atoms with Crippen LogP contribution in [0.25, 0.3) is 0 Å². The Hall–Kier alpha value is -2.58. The van der Waals surface area contributed by atoms with E-state index in [4.69, 9.17) is 0 Å². The predicted molar refractivity (Wildman–Crippen MR) is 126 cm³/mol. The molecule has 172 valence electrons. The van der Waals surface area contributed by atoms with Crippen molar-refractivity contribution in [3.05, 3.63) is 53.6 Å². The molecule has 0 spiro atoms. The molecule has 0 radical (unpaired) electrons. The Morgan fingerprint density at radius 2 is 1.62 bits per heavy atom. The molecule has 2 saturated heterocycles. The molecule has 4 rings (SSSR count). The average molecular weight is 458 g/mol. The molecule has 0 atom stereocenters. The van der Waals surface area contributed by atoms with E-state index in [-0.39, 0.29) is 10.5 Å².